The quantitative estimate of drug-likeness (QED) is 0.289. The first-order valence-corrected chi connectivity index (χ1v) is 16.2. The highest BCUT2D eigenvalue weighted by Gasteiger charge is 2.34. The van der Waals surface area contributed by atoms with Crippen molar-refractivity contribution in [3.05, 3.63) is 98.4 Å². The topological polar surface area (TPSA) is 86.8 Å². The minimum absolute atomic E-state index is 0.115. The first kappa shape index (κ1) is 31.8. The van der Waals surface area contributed by atoms with E-state index in [0.29, 0.717) is 5.69 Å². The van der Waals surface area contributed by atoms with E-state index in [9.17, 15) is 18.0 Å². The Labute approximate surface area is 254 Å². The van der Waals surface area contributed by atoms with Gasteiger partial charge in [-0.1, -0.05) is 74.3 Å². The fourth-order valence-corrected chi connectivity index (χ4v) is 5.77. The Bertz CT molecular complexity index is 1460. The van der Waals surface area contributed by atoms with Crippen molar-refractivity contribution < 1.29 is 18.0 Å². The molecule has 40 heavy (non-hydrogen) atoms. The van der Waals surface area contributed by atoms with Crippen LogP contribution in [0.4, 0.5) is 5.69 Å². The summed E-state index contributed by atoms with van der Waals surface area (Å²) in [4.78, 5) is 29.4. The maximum absolute atomic E-state index is 14.1. The number of amides is 2. The van der Waals surface area contributed by atoms with E-state index in [2.05, 4.69) is 37.2 Å². The highest BCUT2D eigenvalue weighted by Crippen LogP contribution is 2.26. The Morgan fingerprint density at radius 2 is 1.57 bits per heavy atom. The van der Waals surface area contributed by atoms with Crippen molar-refractivity contribution in [3.8, 4) is 0 Å². The molecular weight excluding hydrogens is 658 g/mol. The van der Waals surface area contributed by atoms with Gasteiger partial charge in [-0.05, 0) is 74.7 Å². The van der Waals surface area contributed by atoms with E-state index in [1.165, 1.54) is 4.90 Å². The van der Waals surface area contributed by atoms with Gasteiger partial charge >= 0.3 is 0 Å². The van der Waals surface area contributed by atoms with E-state index in [1.807, 2.05) is 82.3 Å². The number of halogens is 2. The molecule has 3 aromatic carbocycles. The van der Waals surface area contributed by atoms with Crippen molar-refractivity contribution in [1.29, 1.82) is 0 Å². The third-order valence-corrected chi connectivity index (χ3v) is 8.64. The van der Waals surface area contributed by atoms with Crippen LogP contribution in [0.2, 0.25) is 0 Å². The summed E-state index contributed by atoms with van der Waals surface area (Å²) in [6.45, 7) is 7.15. The lowest BCUT2D eigenvalue weighted by Gasteiger charge is -2.35. The second kappa shape index (κ2) is 13.3. The predicted octanol–water partition coefficient (Wildman–Crippen LogP) is 5.84. The lowest BCUT2D eigenvalue weighted by atomic mass is 10.0. The van der Waals surface area contributed by atoms with Gasteiger partial charge in [-0.3, -0.25) is 13.9 Å². The molecule has 1 atom stereocenters. The summed E-state index contributed by atoms with van der Waals surface area (Å²) in [5.41, 5.74) is 2.35. The van der Waals surface area contributed by atoms with Crippen molar-refractivity contribution in [2.24, 2.45) is 0 Å². The number of sulfonamides is 1. The van der Waals surface area contributed by atoms with E-state index in [4.69, 9.17) is 0 Å². The average molecular weight is 694 g/mol. The zero-order valence-corrected chi connectivity index (χ0v) is 27.3. The molecule has 3 aromatic rings. The van der Waals surface area contributed by atoms with Crippen LogP contribution >= 0.6 is 31.9 Å². The molecule has 1 unspecified atom stereocenters. The van der Waals surface area contributed by atoms with E-state index in [1.54, 1.807) is 18.2 Å². The normalized spacial score (nSPS) is 12.5. The van der Waals surface area contributed by atoms with Crippen LogP contribution in [0.3, 0.4) is 0 Å². The predicted molar refractivity (Wildman–Crippen MR) is 168 cm³/mol. The number of carbonyl (C=O) groups excluding carboxylic acids is 2. The van der Waals surface area contributed by atoms with Crippen molar-refractivity contribution in [2.75, 3.05) is 17.1 Å². The number of carbonyl (C=O) groups is 2. The highest BCUT2D eigenvalue weighted by atomic mass is 79.9. The lowest BCUT2D eigenvalue weighted by Crippen LogP contribution is -2.56. The third kappa shape index (κ3) is 9.17. The number of hydrogen-bond donors (Lipinski definition) is 1. The molecule has 0 aliphatic rings. The Balaban J connectivity index is 2.09. The number of nitrogens with zero attached hydrogens (tertiary/aromatic N) is 2. The van der Waals surface area contributed by atoms with Gasteiger partial charge in [0, 0.05) is 27.4 Å². The fourth-order valence-electron chi connectivity index (χ4n) is 4.24. The summed E-state index contributed by atoms with van der Waals surface area (Å²) in [6.07, 6.45) is 1.34. The summed E-state index contributed by atoms with van der Waals surface area (Å²) < 4.78 is 28.6. The molecule has 0 saturated heterocycles. The SMILES string of the molecule is Cc1cc(N(CC(=O)N(Cc2cccc(Br)c2)C(Cc2ccccc2)C(=O)NC(C)(C)C)S(C)(=O)=O)ccc1Br. The van der Waals surface area contributed by atoms with Crippen LogP contribution in [0.15, 0.2) is 81.7 Å². The van der Waals surface area contributed by atoms with Crippen LogP contribution in [0.25, 0.3) is 0 Å². The van der Waals surface area contributed by atoms with Gasteiger partial charge in [-0.2, -0.15) is 0 Å². The second-order valence-electron chi connectivity index (χ2n) is 10.8. The number of nitrogens with one attached hydrogen (secondary N) is 1. The molecule has 0 fully saturated rings. The van der Waals surface area contributed by atoms with Crippen LogP contribution in [0, 0.1) is 6.92 Å². The van der Waals surface area contributed by atoms with Gasteiger partial charge in [0.25, 0.3) is 0 Å². The first-order valence-electron chi connectivity index (χ1n) is 12.8. The average Bonchev–Trinajstić information content (AvgIpc) is 2.85. The molecule has 7 nitrogen and oxygen atoms in total. The van der Waals surface area contributed by atoms with Crippen molar-refractivity contribution >= 4 is 59.4 Å². The van der Waals surface area contributed by atoms with Crippen molar-refractivity contribution in [1.82, 2.24) is 10.2 Å². The van der Waals surface area contributed by atoms with E-state index >= 15 is 0 Å². The van der Waals surface area contributed by atoms with E-state index < -0.39 is 34.1 Å². The molecule has 10 heteroatoms. The zero-order valence-electron chi connectivity index (χ0n) is 23.3. The standard InChI is InChI=1S/C30H35Br2N3O4S/c1-21-16-25(14-15-26(21)32)35(40(5,38)39)20-28(36)34(19-23-12-9-13-24(31)17-23)27(29(37)33-30(2,3)4)18-22-10-7-6-8-11-22/h6-17,27H,18-20H2,1-5H3,(H,33,37). The number of benzene rings is 3. The number of rotatable bonds is 10. The third-order valence-electron chi connectivity index (χ3n) is 6.12. The molecular formula is C30H35Br2N3O4S. The minimum atomic E-state index is -3.83. The smallest absolute Gasteiger partial charge is 0.244 e. The van der Waals surface area contributed by atoms with E-state index in [0.717, 1.165) is 36.2 Å². The molecule has 1 N–H and O–H groups in total. The molecule has 0 bridgehead atoms. The molecule has 0 saturated carbocycles. The summed E-state index contributed by atoms with van der Waals surface area (Å²) in [5.74, 6) is -0.805. The summed E-state index contributed by atoms with van der Waals surface area (Å²) in [5, 5.41) is 3.02. The van der Waals surface area contributed by atoms with Gasteiger partial charge < -0.3 is 10.2 Å². The largest absolute Gasteiger partial charge is 0.350 e. The monoisotopic (exact) mass is 691 g/mol. The molecule has 0 aliphatic carbocycles. The van der Waals surface area contributed by atoms with Gasteiger partial charge in [0.2, 0.25) is 21.8 Å². The van der Waals surface area contributed by atoms with Crippen LogP contribution in [0.1, 0.15) is 37.5 Å². The molecule has 214 valence electrons. The van der Waals surface area contributed by atoms with Crippen molar-refractivity contribution in [3.63, 3.8) is 0 Å². The summed E-state index contributed by atoms with van der Waals surface area (Å²) >= 11 is 6.93. The summed E-state index contributed by atoms with van der Waals surface area (Å²) in [6, 6.07) is 21.2. The van der Waals surface area contributed by atoms with Crippen LogP contribution < -0.4 is 9.62 Å². The number of aryl methyl sites for hydroxylation is 1. The second-order valence-corrected chi connectivity index (χ2v) is 14.5. The molecule has 0 radical (unpaired) electrons. The Hall–Kier alpha value is -2.69. The Morgan fingerprint density at radius 3 is 2.15 bits per heavy atom. The molecule has 0 aromatic heterocycles. The maximum Gasteiger partial charge on any atom is 0.244 e. The first-order chi connectivity index (χ1) is 18.6. The molecule has 0 aliphatic heterocycles. The molecule has 3 rings (SSSR count). The number of hydrogen-bond acceptors (Lipinski definition) is 4. The molecule has 0 spiro atoms. The zero-order chi connectivity index (χ0) is 29.7. The molecule has 0 heterocycles. The van der Waals surface area contributed by atoms with Gasteiger partial charge in [0.1, 0.15) is 12.6 Å². The van der Waals surface area contributed by atoms with E-state index in [-0.39, 0.29) is 18.9 Å². The van der Waals surface area contributed by atoms with Gasteiger partial charge in [0.15, 0.2) is 0 Å². The fraction of sp³-hybridized carbons (Fsp3) is 0.333. The van der Waals surface area contributed by atoms with Crippen LogP contribution in [0.5, 0.6) is 0 Å². The highest BCUT2D eigenvalue weighted by molar-refractivity contribution is 9.10. The van der Waals surface area contributed by atoms with Crippen molar-refractivity contribution in [2.45, 2.75) is 52.2 Å². The van der Waals surface area contributed by atoms with Gasteiger partial charge in [0.05, 0.1) is 11.9 Å². The maximum atomic E-state index is 14.1. The van der Waals surface area contributed by atoms with Crippen LogP contribution in [-0.2, 0) is 32.6 Å². The summed E-state index contributed by atoms with van der Waals surface area (Å²) in [7, 11) is -3.83. The van der Waals surface area contributed by atoms with Gasteiger partial charge in [-0.15, -0.1) is 0 Å². The van der Waals surface area contributed by atoms with Crippen LogP contribution in [-0.4, -0.2) is 49.5 Å². The lowest BCUT2D eigenvalue weighted by molar-refractivity contribution is -0.140. The molecule has 2 amide bonds. The van der Waals surface area contributed by atoms with Gasteiger partial charge in [-0.25, -0.2) is 8.42 Å². The number of anilines is 1. The Morgan fingerprint density at radius 1 is 0.925 bits per heavy atom. The minimum Gasteiger partial charge on any atom is -0.350 e. The Kier molecular flexibility index (Phi) is 10.6.